The highest BCUT2D eigenvalue weighted by atomic mass is 35.5. The summed E-state index contributed by atoms with van der Waals surface area (Å²) in [5, 5.41) is 0.615. The lowest BCUT2D eigenvalue weighted by molar-refractivity contribution is -0.148. The van der Waals surface area contributed by atoms with Crippen LogP contribution in [0.5, 0.6) is 0 Å². The van der Waals surface area contributed by atoms with Crippen molar-refractivity contribution in [3.05, 3.63) is 64.4 Å². The molecule has 2 heterocycles. The van der Waals surface area contributed by atoms with Crippen molar-refractivity contribution in [3.63, 3.8) is 0 Å². The first-order valence-corrected chi connectivity index (χ1v) is 9.16. The lowest BCUT2D eigenvalue weighted by Gasteiger charge is -2.38. The minimum atomic E-state index is -0.509. The normalized spacial score (nSPS) is 16.0. The van der Waals surface area contributed by atoms with E-state index in [0.717, 1.165) is 11.3 Å². The molecule has 3 rings (SSSR count). The molecule has 1 unspecified atom stereocenters. The molecule has 0 radical (unpaired) electrons. The quantitative estimate of drug-likeness (QED) is 0.755. The number of ether oxygens (including phenoxy) is 1. The summed E-state index contributed by atoms with van der Waals surface area (Å²) in [4.78, 5) is 33.0. The molecule has 1 aromatic carbocycles. The fourth-order valence-electron chi connectivity index (χ4n) is 3.21. The maximum Gasteiger partial charge on any atom is 0.327 e. The number of aryl methyl sites for hydroxylation is 1. The number of esters is 1. The Kier molecular flexibility index (Phi) is 6.08. The summed E-state index contributed by atoms with van der Waals surface area (Å²) in [7, 11) is 1.38. The van der Waals surface area contributed by atoms with Crippen molar-refractivity contribution in [1.82, 2.24) is 14.8 Å². The number of benzene rings is 1. The molecule has 0 spiro atoms. The molecular weight excluding hydrogens is 366 g/mol. The van der Waals surface area contributed by atoms with E-state index >= 15 is 0 Å². The van der Waals surface area contributed by atoms with Gasteiger partial charge in [-0.1, -0.05) is 23.7 Å². The van der Waals surface area contributed by atoms with Crippen LogP contribution in [0.2, 0.25) is 5.02 Å². The molecule has 1 fully saturated rings. The van der Waals surface area contributed by atoms with E-state index in [0.29, 0.717) is 36.8 Å². The second-order valence-corrected chi connectivity index (χ2v) is 6.93. The molecule has 1 aliphatic rings. The summed E-state index contributed by atoms with van der Waals surface area (Å²) >= 11 is 5.96. The molecular formula is C20H22ClN3O3. The number of aromatic nitrogens is 1. The summed E-state index contributed by atoms with van der Waals surface area (Å²) in [6, 6.07) is 10.3. The van der Waals surface area contributed by atoms with Crippen molar-refractivity contribution in [1.29, 1.82) is 0 Å². The van der Waals surface area contributed by atoms with Gasteiger partial charge in [0.15, 0.2) is 0 Å². The van der Waals surface area contributed by atoms with Crippen molar-refractivity contribution < 1.29 is 14.3 Å². The van der Waals surface area contributed by atoms with E-state index in [1.165, 1.54) is 7.11 Å². The topological polar surface area (TPSA) is 62.7 Å². The van der Waals surface area contributed by atoms with Gasteiger partial charge < -0.3 is 9.64 Å². The van der Waals surface area contributed by atoms with Crippen LogP contribution >= 0.6 is 11.6 Å². The third-order valence-electron chi connectivity index (χ3n) is 4.74. The van der Waals surface area contributed by atoms with Gasteiger partial charge in [0.05, 0.1) is 12.7 Å². The predicted molar refractivity (Wildman–Crippen MR) is 103 cm³/mol. The van der Waals surface area contributed by atoms with Gasteiger partial charge in [0.25, 0.3) is 5.91 Å². The molecule has 1 aliphatic heterocycles. The first-order valence-electron chi connectivity index (χ1n) is 8.79. The van der Waals surface area contributed by atoms with Gasteiger partial charge in [-0.25, -0.2) is 4.79 Å². The van der Waals surface area contributed by atoms with Crippen molar-refractivity contribution in [2.24, 2.45) is 0 Å². The van der Waals surface area contributed by atoms with Crippen LogP contribution in [-0.2, 0) is 9.53 Å². The van der Waals surface area contributed by atoms with E-state index in [2.05, 4.69) is 4.98 Å². The number of amides is 1. The Morgan fingerprint density at radius 1 is 1.07 bits per heavy atom. The highest BCUT2D eigenvalue weighted by Gasteiger charge is 2.32. The highest BCUT2D eigenvalue weighted by Crippen LogP contribution is 2.25. The average Bonchev–Trinajstić information content (AvgIpc) is 2.70. The molecule has 142 valence electrons. The van der Waals surface area contributed by atoms with Crippen LogP contribution < -0.4 is 0 Å². The average molecular weight is 388 g/mol. The number of rotatable bonds is 4. The molecule has 0 N–H and O–H groups in total. The number of carbonyl (C=O) groups excluding carboxylic acids is 2. The Labute approximate surface area is 163 Å². The van der Waals surface area contributed by atoms with E-state index in [9.17, 15) is 9.59 Å². The molecule has 1 saturated heterocycles. The number of piperazine rings is 1. The van der Waals surface area contributed by atoms with Gasteiger partial charge in [-0.2, -0.15) is 0 Å². The summed E-state index contributed by atoms with van der Waals surface area (Å²) in [5.74, 6) is -0.358. The number of nitrogens with zero attached hydrogens (tertiary/aromatic N) is 3. The molecule has 27 heavy (non-hydrogen) atoms. The Morgan fingerprint density at radius 2 is 1.74 bits per heavy atom. The first kappa shape index (κ1) is 19.3. The van der Waals surface area contributed by atoms with Gasteiger partial charge in [0.1, 0.15) is 6.04 Å². The molecule has 1 amide bonds. The van der Waals surface area contributed by atoms with Crippen LogP contribution in [0, 0.1) is 6.92 Å². The number of methoxy groups -OCH3 is 1. The van der Waals surface area contributed by atoms with Gasteiger partial charge in [0, 0.05) is 43.1 Å². The maximum absolute atomic E-state index is 12.6. The van der Waals surface area contributed by atoms with Crippen LogP contribution in [-0.4, -0.2) is 59.9 Å². The molecule has 7 heteroatoms. The predicted octanol–water partition coefficient (Wildman–Crippen LogP) is 2.72. The van der Waals surface area contributed by atoms with Crippen LogP contribution in [0.1, 0.15) is 27.7 Å². The van der Waals surface area contributed by atoms with E-state index in [-0.39, 0.29) is 11.9 Å². The van der Waals surface area contributed by atoms with E-state index in [4.69, 9.17) is 16.3 Å². The summed E-state index contributed by atoms with van der Waals surface area (Å²) in [6.07, 6.45) is 1.61. The summed E-state index contributed by atoms with van der Waals surface area (Å²) < 4.78 is 5.00. The smallest absolute Gasteiger partial charge is 0.327 e. The van der Waals surface area contributed by atoms with Gasteiger partial charge in [0.2, 0.25) is 0 Å². The Balaban J connectivity index is 1.70. The lowest BCUT2D eigenvalue weighted by Crippen LogP contribution is -2.51. The van der Waals surface area contributed by atoms with Crippen LogP contribution in [0.4, 0.5) is 0 Å². The van der Waals surface area contributed by atoms with Crippen LogP contribution in [0.25, 0.3) is 0 Å². The SMILES string of the molecule is COC(=O)C(c1ccc(Cl)cc1)N1CCN(C(=O)c2ccc(C)nc2)CC1. The molecule has 0 bridgehead atoms. The van der Waals surface area contributed by atoms with Gasteiger partial charge >= 0.3 is 5.97 Å². The molecule has 1 atom stereocenters. The second-order valence-electron chi connectivity index (χ2n) is 6.49. The lowest BCUT2D eigenvalue weighted by atomic mass is 10.0. The van der Waals surface area contributed by atoms with Gasteiger partial charge in [-0.3, -0.25) is 14.7 Å². The monoisotopic (exact) mass is 387 g/mol. The standard InChI is InChI=1S/C20H22ClN3O3/c1-14-3-4-16(13-22-14)19(25)24-11-9-23(10-12-24)18(20(26)27-2)15-5-7-17(21)8-6-15/h3-8,13,18H,9-12H2,1-2H3. The Hall–Kier alpha value is -2.44. The zero-order valence-electron chi connectivity index (χ0n) is 15.4. The van der Waals surface area contributed by atoms with E-state index in [1.54, 1.807) is 29.3 Å². The zero-order chi connectivity index (χ0) is 19.4. The second kappa shape index (κ2) is 8.50. The Morgan fingerprint density at radius 3 is 2.30 bits per heavy atom. The maximum atomic E-state index is 12.6. The van der Waals surface area contributed by atoms with Crippen molar-refractivity contribution in [3.8, 4) is 0 Å². The number of hydrogen-bond acceptors (Lipinski definition) is 5. The minimum absolute atomic E-state index is 0.0386. The van der Waals surface area contributed by atoms with Crippen molar-refractivity contribution >= 4 is 23.5 Å². The van der Waals surface area contributed by atoms with Gasteiger partial charge in [-0.15, -0.1) is 0 Å². The number of hydrogen-bond donors (Lipinski definition) is 0. The first-order chi connectivity index (χ1) is 13.0. The van der Waals surface area contributed by atoms with Crippen molar-refractivity contribution in [2.45, 2.75) is 13.0 Å². The molecule has 2 aromatic rings. The molecule has 0 aliphatic carbocycles. The third-order valence-corrected chi connectivity index (χ3v) is 4.99. The van der Waals surface area contributed by atoms with Crippen molar-refractivity contribution in [2.75, 3.05) is 33.3 Å². The minimum Gasteiger partial charge on any atom is -0.468 e. The third kappa shape index (κ3) is 4.46. The molecule has 1 aromatic heterocycles. The zero-order valence-corrected chi connectivity index (χ0v) is 16.1. The number of carbonyl (C=O) groups is 2. The van der Waals surface area contributed by atoms with Crippen LogP contribution in [0.15, 0.2) is 42.6 Å². The number of pyridine rings is 1. The molecule has 6 nitrogen and oxygen atoms in total. The van der Waals surface area contributed by atoms with Crippen LogP contribution in [0.3, 0.4) is 0 Å². The Bertz CT molecular complexity index is 800. The number of halogens is 1. The summed E-state index contributed by atoms with van der Waals surface area (Å²) in [5.41, 5.74) is 2.28. The van der Waals surface area contributed by atoms with E-state index < -0.39 is 6.04 Å². The molecule has 0 saturated carbocycles. The highest BCUT2D eigenvalue weighted by molar-refractivity contribution is 6.30. The largest absolute Gasteiger partial charge is 0.468 e. The fourth-order valence-corrected chi connectivity index (χ4v) is 3.34. The summed E-state index contributed by atoms with van der Waals surface area (Å²) in [6.45, 7) is 4.11. The fraction of sp³-hybridized carbons (Fsp3) is 0.350. The van der Waals surface area contributed by atoms with E-state index in [1.807, 2.05) is 30.0 Å². The van der Waals surface area contributed by atoms with Gasteiger partial charge in [-0.05, 0) is 36.8 Å².